The second kappa shape index (κ2) is 37.9. The van der Waals surface area contributed by atoms with Crippen LogP contribution in [0.4, 0.5) is 10.2 Å². The Morgan fingerprint density at radius 2 is 1.07 bits per heavy atom. The molecule has 7 aromatic carbocycles. The van der Waals surface area contributed by atoms with Gasteiger partial charge in [-0.2, -0.15) is 14.4 Å². The van der Waals surface area contributed by atoms with Crippen LogP contribution in [0.3, 0.4) is 0 Å². The summed E-state index contributed by atoms with van der Waals surface area (Å²) in [6.45, 7) is 5.26. The zero-order chi connectivity index (χ0) is 72.3. The van der Waals surface area contributed by atoms with Gasteiger partial charge in [0, 0.05) is 6.42 Å². The fourth-order valence-corrected chi connectivity index (χ4v) is 15.2. The molecule has 17 nitrogen and oxygen atoms in total. The van der Waals surface area contributed by atoms with Crippen molar-refractivity contribution < 1.29 is 56.0 Å². The summed E-state index contributed by atoms with van der Waals surface area (Å²) in [5.41, 5.74) is 0.533. The predicted molar refractivity (Wildman–Crippen MR) is 400 cm³/mol. The third-order valence-corrected chi connectivity index (χ3v) is 20.8. The number of benzene rings is 7. The number of hydrogen-bond donors (Lipinski definition) is 2. The van der Waals surface area contributed by atoms with Crippen molar-refractivity contribution in [3.63, 3.8) is 0 Å². The number of carbonyl (C=O) groups is 2. The van der Waals surface area contributed by atoms with E-state index in [0.29, 0.717) is 46.6 Å². The van der Waals surface area contributed by atoms with Crippen molar-refractivity contribution in [3.05, 3.63) is 252 Å². The highest BCUT2D eigenvalue weighted by molar-refractivity contribution is 7.51. The van der Waals surface area contributed by atoms with Crippen molar-refractivity contribution in [1.29, 1.82) is 0 Å². The van der Waals surface area contributed by atoms with E-state index in [1.807, 2.05) is 200 Å². The van der Waals surface area contributed by atoms with Crippen molar-refractivity contribution >= 4 is 36.7 Å². The molecule has 103 heavy (non-hydrogen) atoms. The van der Waals surface area contributed by atoms with Crippen LogP contribution in [-0.4, -0.2) is 89.3 Å². The van der Waals surface area contributed by atoms with Crippen molar-refractivity contribution in [2.45, 2.75) is 178 Å². The first-order chi connectivity index (χ1) is 50.3. The summed E-state index contributed by atoms with van der Waals surface area (Å²) in [5.74, 6) is 2.68. The van der Waals surface area contributed by atoms with Gasteiger partial charge in [0.05, 0.1) is 33.8 Å². The summed E-state index contributed by atoms with van der Waals surface area (Å²) in [7, 11) is -1.81. The molecule has 19 heteroatoms. The molecule has 542 valence electrons. The van der Waals surface area contributed by atoms with Crippen molar-refractivity contribution in [3.8, 4) is 23.8 Å². The number of unbranched alkanes of at least 4 members (excludes halogenated alkanes) is 14. The quantitative estimate of drug-likeness (QED) is 0.00916. The number of methoxy groups -OCH3 is 2. The molecule has 0 saturated carbocycles. The lowest BCUT2D eigenvalue weighted by molar-refractivity contribution is -0.152. The Kier molecular flexibility index (Phi) is 28.2. The molecule has 2 N–H and O–H groups in total. The molecule has 1 fully saturated rings. The monoisotopic (exact) mass is 1420 g/mol. The number of aromatic nitrogens is 4. The molecule has 10 rings (SSSR count). The van der Waals surface area contributed by atoms with E-state index in [2.05, 4.69) is 40.1 Å². The van der Waals surface area contributed by atoms with Gasteiger partial charge in [0.1, 0.15) is 47.6 Å². The maximum Gasteiger partial charge on any atom is 0.407 e. The third kappa shape index (κ3) is 19.4. The van der Waals surface area contributed by atoms with Crippen LogP contribution in [0.2, 0.25) is 0 Å². The number of fused-ring (bicyclic) bond motifs is 1. The molecule has 1 saturated heterocycles. The molecular formula is C84H98FN6O11P. The first-order valence-electron chi connectivity index (χ1n) is 36.4. The lowest BCUT2D eigenvalue weighted by atomic mass is 9.77. The molecule has 1 aliphatic rings. The van der Waals surface area contributed by atoms with E-state index in [0.717, 1.165) is 80.9 Å². The number of carbonyl (C=O) groups excluding carboxylic acids is 2. The molecule has 0 aliphatic carbocycles. The van der Waals surface area contributed by atoms with Crippen molar-refractivity contribution in [2.24, 2.45) is 0 Å². The van der Waals surface area contributed by atoms with Gasteiger partial charge in [-0.1, -0.05) is 286 Å². The van der Waals surface area contributed by atoms with Crippen molar-refractivity contribution in [1.82, 2.24) is 24.6 Å². The largest absolute Gasteiger partial charge is 0.497 e. The maximum atomic E-state index is 16.9. The number of anilines is 1. The molecule has 0 radical (unpaired) electrons. The Labute approximate surface area is 606 Å². The molecule has 0 bridgehead atoms. The topological polar surface area (TPSA) is 193 Å². The number of hydrogen-bond acceptors (Lipinski definition) is 15. The van der Waals surface area contributed by atoms with Crippen LogP contribution in [-0.2, 0) is 59.7 Å². The van der Waals surface area contributed by atoms with Gasteiger partial charge < -0.3 is 33.7 Å². The summed E-state index contributed by atoms with van der Waals surface area (Å²) < 4.78 is 86.3. The lowest BCUT2D eigenvalue weighted by Crippen LogP contribution is -2.49. The van der Waals surface area contributed by atoms with E-state index in [-0.39, 0.29) is 43.0 Å². The van der Waals surface area contributed by atoms with Crippen LogP contribution in [0.15, 0.2) is 207 Å². The Balaban J connectivity index is 1.07. The second-order valence-corrected chi connectivity index (χ2v) is 28.0. The summed E-state index contributed by atoms with van der Waals surface area (Å²) >= 11 is 0. The number of rotatable bonds is 42. The van der Waals surface area contributed by atoms with Gasteiger partial charge in [-0.25, -0.2) is 19.4 Å². The van der Waals surface area contributed by atoms with Gasteiger partial charge in [0.25, 0.3) is 0 Å². The third-order valence-electron chi connectivity index (χ3n) is 19.1. The molecule has 3 heterocycles. The van der Waals surface area contributed by atoms with Crippen LogP contribution in [0, 0.1) is 18.4 Å². The zero-order valence-corrected chi connectivity index (χ0v) is 60.9. The van der Waals surface area contributed by atoms with E-state index < -0.39 is 73.6 Å². The smallest absolute Gasteiger partial charge is 0.407 e. The van der Waals surface area contributed by atoms with E-state index in [9.17, 15) is 9.59 Å². The van der Waals surface area contributed by atoms with E-state index in [4.69, 9.17) is 48.9 Å². The Bertz CT molecular complexity index is 4080. The van der Waals surface area contributed by atoms with Crippen LogP contribution in [0.25, 0.3) is 11.2 Å². The molecule has 0 amide bonds. The van der Waals surface area contributed by atoms with Gasteiger partial charge >= 0.3 is 25.8 Å². The minimum atomic E-state index is -5.01. The minimum absolute atomic E-state index is 0.0188. The predicted octanol–water partition coefficient (Wildman–Crippen LogP) is 18.2. The molecule has 0 spiro atoms. The molecule has 1 aliphatic heterocycles. The maximum absolute atomic E-state index is 16.9. The number of halogens is 1. The van der Waals surface area contributed by atoms with Crippen LogP contribution in [0.5, 0.6) is 11.5 Å². The fraction of sp³-hybridized carbons (Fsp3) is 0.393. The van der Waals surface area contributed by atoms with E-state index >= 15 is 8.96 Å². The normalized spacial score (nSPS) is 16.5. The van der Waals surface area contributed by atoms with Gasteiger partial charge in [-0.3, -0.25) is 18.4 Å². The number of terminal acetylenes is 1. The minimum Gasteiger partial charge on any atom is -0.497 e. The average Bonchev–Trinajstić information content (AvgIpc) is 1.72. The fourth-order valence-electron chi connectivity index (χ4n) is 13.5. The lowest BCUT2D eigenvalue weighted by Gasteiger charge is -2.41. The summed E-state index contributed by atoms with van der Waals surface area (Å²) in [6.07, 6.45) is 19.8. The molecule has 1 unspecified atom stereocenters. The number of nitrogens with zero attached hydrogens (tertiary/aromatic N) is 4. The molecule has 6 atom stereocenters. The summed E-state index contributed by atoms with van der Waals surface area (Å²) in [5, 5.41) is 6.66. The van der Waals surface area contributed by atoms with Crippen molar-refractivity contribution in [2.75, 3.05) is 39.4 Å². The highest BCUT2D eigenvalue weighted by atomic mass is 31.2. The Morgan fingerprint density at radius 1 is 0.621 bits per heavy atom. The standard InChI is InChI=1S/C84H98FN6O11P/c1-7-10-12-14-16-18-20-37-57-97-79(92)63(4)102-103(94,90-73(59-64-39-27-22-28-40-64)80(93)98-58-38-21-19-17-15-13-11-8-2)99-61-82(9-3)74(100-84(68-45-33-25-34-46-68,69-47-35-26-36-48-69)70-51-55-72(96-6)56-52-70)60-75(101-82)91-62-86-76-77(87-81(85)88-78(76)91)89-83(65-41-29-23-30-42-65,66-43-31-24-32-44-66)67-49-53-71(95-5)54-50-67/h3,22-36,39-56,62-63,73-75H,7-8,10-21,37-38,57-61H2,1-2,4-6H3,(H,90,94)(H,87,88,89)/t63-,73-,74-,75+,82+,103?/m0/s1. The first kappa shape index (κ1) is 76.6. The number of esters is 2. The Morgan fingerprint density at radius 3 is 1.56 bits per heavy atom. The van der Waals surface area contributed by atoms with Crippen LogP contribution < -0.4 is 19.9 Å². The highest BCUT2D eigenvalue weighted by Crippen LogP contribution is 2.53. The SMILES string of the molecule is C#C[C@]1(COP(=O)(N[C@@H](Cc2ccccc2)C(=O)OCCCCCCCCCC)O[C@@H](C)C(=O)OCCCCCCCCCC)O[C@@H](n2cnc3c(NC(c4ccccc4)(c4ccccc4)c4ccc(OC)cc4)nc(F)nc32)C[C@@H]1OC(c1ccccc1)(c1ccccc1)c1ccc(OC)cc1. The highest BCUT2D eigenvalue weighted by Gasteiger charge is 2.56. The average molecular weight is 1420 g/mol. The number of nitrogens with one attached hydrogen (secondary N) is 2. The second-order valence-electron chi connectivity index (χ2n) is 26.3. The van der Waals surface area contributed by atoms with Gasteiger partial charge in [0.2, 0.25) is 0 Å². The van der Waals surface area contributed by atoms with Gasteiger partial charge in [-0.05, 0) is 89.4 Å². The van der Waals surface area contributed by atoms with Crippen LogP contribution in [0.1, 0.15) is 175 Å². The van der Waals surface area contributed by atoms with E-state index in [1.165, 1.54) is 38.9 Å². The zero-order valence-electron chi connectivity index (χ0n) is 60.0. The molecule has 9 aromatic rings. The van der Waals surface area contributed by atoms with Gasteiger partial charge in [-0.15, -0.1) is 6.42 Å². The number of imidazole rings is 1. The summed E-state index contributed by atoms with van der Waals surface area (Å²) in [4.78, 5) is 42.7. The van der Waals surface area contributed by atoms with Crippen LogP contribution >= 0.6 is 7.75 Å². The Hall–Kier alpha value is -9.05. The molecular weight excluding hydrogens is 1320 g/mol. The summed E-state index contributed by atoms with van der Waals surface area (Å²) in [6, 6.07) is 61.8. The molecule has 2 aromatic heterocycles. The first-order valence-corrected chi connectivity index (χ1v) is 38.0. The van der Waals surface area contributed by atoms with E-state index in [1.54, 1.807) is 18.8 Å². The number of ether oxygens (including phenoxy) is 6. The van der Waals surface area contributed by atoms with Gasteiger partial charge in [0.15, 0.2) is 28.7 Å².